The van der Waals surface area contributed by atoms with Crippen molar-refractivity contribution in [1.82, 2.24) is 20.7 Å². The Kier molecular flexibility index (Phi) is 9.17. The summed E-state index contributed by atoms with van der Waals surface area (Å²) in [5.41, 5.74) is 3.25. The van der Waals surface area contributed by atoms with Gasteiger partial charge in [-0.05, 0) is 38.0 Å². The molecule has 196 valence electrons. The van der Waals surface area contributed by atoms with Crippen molar-refractivity contribution in [1.29, 1.82) is 0 Å². The molecule has 0 spiro atoms. The van der Waals surface area contributed by atoms with E-state index in [0.29, 0.717) is 35.2 Å². The Balaban J connectivity index is 2.16. The van der Waals surface area contributed by atoms with Gasteiger partial charge >= 0.3 is 12.2 Å². The molecule has 3 N–H and O–H groups in total. The summed E-state index contributed by atoms with van der Waals surface area (Å²) in [6.45, 7) is 5.62. The SMILES string of the molecule is C\C=C(/C=C(\C=C\CC)c1cnc(NC(=O)NCC)cc1-c1nc(C(F)(F)F)cs1)C1=NNC(=O)CO1. The first-order valence-corrected chi connectivity index (χ1v) is 12.2. The molecule has 0 atom stereocenters. The second-order valence-electron chi connectivity index (χ2n) is 7.53. The summed E-state index contributed by atoms with van der Waals surface area (Å²) in [4.78, 5) is 31.5. The maximum atomic E-state index is 13.3. The van der Waals surface area contributed by atoms with Crippen LogP contribution in [-0.4, -0.2) is 41.0 Å². The number of hydrazone groups is 1. The third-order valence-corrected chi connectivity index (χ3v) is 5.72. The van der Waals surface area contributed by atoms with Crippen LogP contribution in [0.1, 0.15) is 38.4 Å². The summed E-state index contributed by atoms with van der Waals surface area (Å²) >= 11 is 0.827. The third kappa shape index (κ3) is 7.26. The number of ether oxygens (including phenoxy) is 1. The number of nitrogens with one attached hydrogen (secondary N) is 3. The zero-order chi connectivity index (χ0) is 27.0. The molecule has 0 saturated carbocycles. The van der Waals surface area contributed by atoms with Crippen molar-refractivity contribution in [3.63, 3.8) is 0 Å². The number of pyridine rings is 1. The zero-order valence-corrected chi connectivity index (χ0v) is 21.1. The first kappa shape index (κ1) is 27.6. The predicted octanol–water partition coefficient (Wildman–Crippen LogP) is 5.12. The molecule has 0 fully saturated rings. The van der Waals surface area contributed by atoms with E-state index in [1.165, 1.54) is 12.3 Å². The Morgan fingerprint density at radius 3 is 2.68 bits per heavy atom. The Bertz CT molecular complexity index is 1280. The average molecular weight is 535 g/mol. The molecule has 2 aromatic heterocycles. The normalized spacial score (nSPS) is 14.8. The van der Waals surface area contributed by atoms with Crippen LogP contribution in [0.3, 0.4) is 0 Å². The minimum atomic E-state index is -4.61. The van der Waals surface area contributed by atoms with E-state index in [1.807, 2.05) is 13.0 Å². The number of thiazole rings is 1. The number of carbonyl (C=O) groups excluding carboxylic acids is 2. The van der Waals surface area contributed by atoms with Gasteiger partial charge in [-0.2, -0.15) is 13.2 Å². The van der Waals surface area contributed by atoms with Gasteiger partial charge in [-0.1, -0.05) is 25.2 Å². The number of alkyl halides is 3. The van der Waals surface area contributed by atoms with E-state index in [4.69, 9.17) is 4.74 Å². The molecule has 1 aliphatic rings. The monoisotopic (exact) mass is 534 g/mol. The maximum Gasteiger partial charge on any atom is 0.434 e. The fraction of sp³-hybridized carbons (Fsp3) is 0.292. The minimum absolute atomic E-state index is 0.0972. The van der Waals surface area contributed by atoms with Crippen LogP contribution in [0.4, 0.5) is 23.8 Å². The van der Waals surface area contributed by atoms with Gasteiger partial charge in [0.15, 0.2) is 12.3 Å². The quantitative estimate of drug-likeness (QED) is 0.407. The molecule has 37 heavy (non-hydrogen) atoms. The first-order chi connectivity index (χ1) is 17.7. The van der Waals surface area contributed by atoms with Gasteiger partial charge in [0.25, 0.3) is 5.91 Å². The van der Waals surface area contributed by atoms with E-state index in [0.717, 1.165) is 16.7 Å². The van der Waals surface area contributed by atoms with Crippen LogP contribution in [0.2, 0.25) is 0 Å². The number of anilines is 1. The molecule has 3 amide bonds. The van der Waals surface area contributed by atoms with Crippen molar-refractivity contribution in [2.75, 3.05) is 18.5 Å². The molecule has 0 saturated heterocycles. The number of carbonyl (C=O) groups is 2. The van der Waals surface area contributed by atoms with Crippen LogP contribution in [0.5, 0.6) is 0 Å². The summed E-state index contributed by atoms with van der Waals surface area (Å²) in [5.74, 6) is -0.0661. The molecule has 0 bridgehead atoms. The van der Waals surface area contributed by atoms with Crippen LogP contribution in [0.15, 0.2) is 52.6 Å². The van der Waals surface area contributed by atoms with Crippen molar-refractivity contribution in [2.24, 2.45) is 5.10 Å². The highest BCUT2D eigenvalue weighted by molar-refractivity contribution is 7.13. The van der Waals surface area contributed by atoms with Crippen molar-refractivity contribution >= 4 is 40.6 Å². The Morgan fingerprint density at radius 1 is 1.30 bits per heavy atom. The van der Waals surface area contributed by atoms with Crippen molar-refractivity contribution in [2.45, 2.75) is 33.4 Å². The lowest BCUT2D eigenvalue weighted by molar-refractivity contribution is -0.140. The molecular formula is C24H25F3N6O3S. The number of nitrogens with zero attached hydrogens (tertiary/aromatic N) is 3. The predicted molar refractivity (Wildman–Crippen MR) is 136 cm³/mol. The van der Waals surface area contributed by atoms with Gasteiger partial charge < -0.3 is 10.1 Å². The van der Waals surface area contributed by atoms with Crippen molar-refractivity contribution in [3.05, 3.63) is 58.8 Å². The molecule has 0 aliphatic carbocycles. The molecule has 2 aromatic rings. The van der Waals surface area contributed by atoms with Gasteiger partial charge in [-0.3, -0.25) is 10.1 Å². The van der Waals surface area contributed by atoms with Crippen LogP contribution in [0, 0.1) is 0 Å². The standard InChI is InChI=1S/C24H25F3N6O3S/c1-4-7-8-15(9-14(5-2)21-33-32-20(34)12-36-21)17-11-29-19(31-23(35)28-6-3)10-16(17)22-30-18(13-37-22)24(25,26)27/h5,7-11,13H,4,6,12H2,1-3H3,(H,32,34)(H2,28,29,31,35)/b8-7+,14-5+,15-9+. The van der Waals surface area contributed by atoms with Crippen LogP contribution >= 0.6 is 11.3 Å². The number of hydrogen-bond acceptors (Lipinski definition) is 7. The highest BCUT2D eigenvalue weighted by atomic mass is 32.1. The first-order valence-electron chi connectivity index (χ1n) is 11.3. The molecule has 0 aromatic carbocycles. The number of amides is 3. The summed E-state index contributed by atoms with van der Waals surface area (Å²) in [5, 5.41) is 10.1. The van der Waals surface area contributed by atoms with Gasteiger partial charge in [0.2, 0.25) is 5.90 Å². The molecular weight excluding hydrogens is 509 g/mol. The molecule has 1 aliphatic heterocycles. The number of urea groups is 1. The van der Waals surface area contributed by atoms with Crippen LogP contribution < -0.4 is 16.1 Å². The van der Waals surface area contributed by atoms with E-state index in [1.54, 1.807) is 32.1 Å². The van der Waals surface area contributed by atoms with E-state index in [2.05, 4.69) is 31.1 Å². The Labute approximate surface area is 215 Å². The molecule has 0 unspecified atom stereocenters. The fourth-order valence-electron chi connectivity index (χ4n) is 3.14. The Hall–Kier alpha value is -4.00. The number of rotatable bonds is 8. The lowest BCUT2D eigenvalue weighted by Crippen LogP contribution is -2.32. The zero-order valence-electron chi connectivity index (χ0n) is 20.3. The van der Waals surface area contributed by atoms with Gasteiger partial charge in [0.05, 0.1) is 0 Å². The van der Waals surface area contributed by atoms with E-state index < -0.39 is 17.9 Å². The summed E-state index contributed by atoms with van der Waals surface area (Å²) in [7, 11) is 0. The second kappa shape index (κ2) is 12.3. The number of halogens is 3. The number of hydrogen-bond donors (Lipinski definition) is 3. The third-order valence-electron chi connectivity index (χ3n) is 4.84. The van der Waals surface area contributed by atoms with Crippen LogP contribution in [-0.2, 0) is 15.7 Å². The Morgan fingerprint density at radius 2 is 2.08 bits per heavy atom. The summed E-state index contributed by atoms with van der Waals surface area (Å²) in [6, 6.07) is 0.970. The molecule has 3 rings (SSSR count). The minimum Gasteiger partial charge on any atom is -0.466 e. The molecule has 13 heteroatoms. The topological polar surface area (TPSA) is 118 Å². The summed E-state index contributed by atoms with van der Waals surface area (Å²) < 4.78 is 45.4. The average Bonchev–Trinajstić information content (AvgIpc) is 3.36. The van der Waals surface area contributed by atoms with Crippen LogP contribution in [0.25, 0.3) is 16.1 Å². The molecule has 9 nitrogen and oxygen atoms in total. The molecule has 0 radical (unpaired) electrons. The largest absolute Gasteiger partial charge is 0.466 e. The van der Waals surface area contributed by atoms with Crippen molar-refractivity contribution in [3.8, 4) is 10.6 Å². The summed E-state index contributed by atoms with van der Waals surface area (Å²) in [6.07, 6.45) is 4.64. The van der Waals surface area contributed by atoms with E-state index in [9.17, 15) is 22.8 Å². The van der Waals surface area contributed by atoms with Gasteiger partial charge in [-0.25, -0.2) is 20.2 Å². The van der Waals surface area contributed by atoms with Crippen molar-refractivity contribution < 1.29 is 27.5 Å². The van der Waals surface area contributed by atoms with Gasteiger partial charge in [0, 0.05) is 34.8 Å². The highest BCUT2D eigenvalue weighted by Gasteiger charge is 2.34. The van der Waals surface area contributed by atoms with Gasteiger partial charge in [0.1, 0.15) is 10.8 Å². The lowest BCUT2D eigenvalue weighted by Gasteiger charge is -2.16. The van der Waals surface area contributed by atoms with E-state index >= 15 is 0 Å². The fourth-order valence-corrected chi connectivity index (χ4v) is 3.99. The smallest absolute Gasteiger partial charge is 0.434 e. The lowest BCUT2D eigenvalue weighted by atomic mass is 9.98. The van der Waals surface area contributed by atoms with E-state index in [-0.39, 0.29) is 29.2 Å². The van der Waals surface area contributed by atoms with Gasteiger partial charge in [-0.15, -0.1) is 16.4 Å². The number of allylic oxidation sites excluding steroid dienone is 4. The maximum absolute atomic E-state index is 13.3. The highest BCUT2D eigenvalue weighted by Crippen LogP contribution is 2.37. The number of aromatic nitrogens is 2. The molecule has 3 heterocycles. The second-order valence-corrected chi connectivity index (χ2v) is 8.39.